The molecule has 2 aromatic heterocycles. The first kappa shape index (κ1) is 31.1. The van der Waals surface area contributed by atoms with E-state index in [1.807, 2.05) is 45.9 Å². The number of hydrogen-bond donors (Lipinski definition) is 3. The number of aryl methyl sites for hydroxylation is 2. The van der Waals surface area contributed by atoms with Gasteiger partial charge in [0.2, 0.25) is 0 Å². The molecule has 1 atom stereocenters. The van der Waals surface area contributed by atoms with Crippen molar-refractivity contribution >= 4 is 56.5 Å². The SMILES string of the molecule is COCCNC(C)(C)/C=C(\C#N)C(=O)N1CCC[C@@H](NC(=O)c2sc3nccc4c3c2NC(=O)N4c2ccc(C)cc2C)C1. The fourth-order valence-electron chi connectivity index (χ4n) is 5.77. The van der Waals surface area contributed by atoms with Crippen LogP contribution in [-0.4, -0.2) is 72.7 Å². The number of hydrogen-bond acceptors (Lipinski definition) is 8. The summed E-state index contributed by atoms with van der Waals surface area (Å²) >= 11 is 1.22. The molecule has 0 bridgehead atoms. The molecule has 1 saturated heterocycles. The van der Waals surface area contributed by atoms with E-state index in [4.69, 9.17) is 4.74 Å². The molecule has 230 valence electrons. The first-order valence-electron chi connectivity index (χ1n) is 14.6. The Bertz CT molecular complexity index is 1690. The Morgan fingerprint density at radius 2 is 2.07 bits per heavy atom. The van der Waals surface area contributed by atoms with Crippen LogP contribution in [0.4, 0.5) is 21.9 Å². The molecule has 0 unspecified atom stereocenters. The number of thiophene rings is 1. The average molecular weight is 616 g/mol. The third kappa shape index (κ3) is 6.31. The van der Waals surface area contributed by atoms with Gasteiger partial charge in [-0.2, -0.15) is 5.26 Å². The van der Waals surface area contributed by atoms with Crippen molar-refractivity contribution in [3.63, 3.8) is 0 Å². The second-order valence-electron chi connectivity index (χ2n) is 11.7. The van der Waals surface area contributed by atoms with Crippen molar-refractivity contribution in [2.75, 3.05) is 43.6 Å². The van der Waals surface area contributed by atoms with Gasteiger partial charge in [-0.25, -0.2) is 9.78 Å². The Morgan fingerprint density at radius 3 is 2.80 bits per heavy atom. The summed E-state index contributed by atoms with van der Waals surface area (Å²) in [6.45, 7) is 9.60. The number of methoxy groups -OCH3 is 1. The van der Waals surface area contributed by atoms with Crippen LogP contribution >= 0.6 is 11.3 Å². The summed E-state index contributed by atoms with van der Waals surface area (Å²) in [5.74, 6) is -0.703. The average Bonchev–Trinajstić information content (AvgIpc) is 3.36. The van der Waals surface area contributed by atoms with Crippen molar-refractivity contribution in [2.45, 2.75) is 52.1 Å². The van der Waals surface area contributed by atoms with Gasteiger partial charge in [-0.1, -0.05) is 17.7 Å². The van der Waals surface area contributed by atoms with Crippen molar-refractivity contribution in [2.24, 2.45) is 0 Å². The van der Waals surface area contributed by atoms with E-state index in [2.05, 4.69) is 27.0 Å². The molecule has 2 aliphatic heterocycles. The van der Waals surface area contributed by atoms with Crippen LogP contribution in [0.15, 0.2) is 42.1 Å². The molecule has 44 heavy (non-hydrogen) atoms. The number of pyridine rings is 1. The monoisotopic (exact) mass is 615 g/mol. The zero-order chi connectivity index (χ0) is 31.6. The van der Waals surface area contributed by atoms with Crippen LogP contribution in [0.5, 0.6) is 0 Å². The zero-order valence-electron chi connectivity index (χ0n) is 25.6. The van der Waals surface area contributed by atoms with E-state index in [1.54, 1.807) is 35.2 Å². The van der Waals surface area contributed by atoms with Crippen LogP contribution in [-0.2, 0) is 9.53 Å². The molecule has 12 heteroatoms. The van der Waals surface area contributed by atoms with Gasteiger partial charge in [0.15, 0.2) is 0 Å². The Kier molecular flexibility index (Phi) is 9.01. The van der Waals surface area contributed by atoms with Crippen molar-refractivity contribution in [3.05, 3.63) is 58.1 Å². The van der Waals surface area contributed by atoms with Gasteiger partial charge in [0.1, 0.15) is 21.3 Å². The maximum atomic E-state index is 13.6. The van der Waals surface area contributed by atoms with Crippen LogP contribution in [0.3, 0.4) is 0 Å². The van der Waals surface area contributed by atoms with Crippen LogP contribution in [0.1, 0.15) is 47.5 Å². The van der Waals surface area contributed by atoms with E-state index in [-0.39, 0.29) is 36.0 Å². The number of rotatable bonds is 9. The predicted molar refractivity (Wildman–Crippen MR) is 171 cm³/mol. The number of carbonyl (C=O) groups excluding carboxylic acids is 3. The number of nitriles is 1. The maximum Gasteiger partial charge on any atom is 0.331 e. The second kappa shape index (κ2) is 12.7. The number of anilines is 3. The lowest BCUT2D eigenvalue weighted by atomic mass is 9.99. The quantitative estimate of drug-likeness (QED) is 0.179. The van der Waals surface area contributed by atoms with E-state index in [0.29, 0.717) is 59.0 Å². The summed E-state index contributed by atoms with van der Waals surface area (Å²) in [4.78, 5) is 49.2. The van der Waals surface area contributed by atoms with Crippen LogP contribution in [0.2, 0.25) is 0 Å². The number of amides is 4. The van der Waals surface area contributed by atoms with E-state index in [0.717, 1.165) is 16.8 Å². The molecule has 11 nitrogen and oxygen atoms in total. The standard InChI is InChI=1S/C32H37N7O4S/c1-19-8-9-23(20(2)15-19)39-24-10-11-34-29-25(24)26(37-31(39)42)27(44-29)28(40)36-22-7-6-13-38(18-22)30(41)21(17-33)16-32(3,4)35-12-14-43-5/h8-11,15-16,22,35H,6-7,12-14,18H2,1-5H3,(H,36,40)(H,37,42)/b21-16+/t22-/m1/s1. The predicted octanol–water partition coefficient (Wildman–Crippen LogP) is 4.78. The molecule has 3 N–H and O–H groups in total. The van der Waals surface area contributed by atoms with Crippen LogP contribution < -0.4 is 20.9 Å². The Morgan fingerprint density at radius 1 is 1.27 bits per heavy atom. The third-order valence-corrected chi connectivity index (χ3v) is 8.93. The summed E-state index contributed by atoms with van der Waals surface area (Å²) in [5.41, 5.74) is 3.39. The summed E-state index contributed by atoms with van der Waals surface area (Å²) < 4.78 is 5.08. The number of urea groups is 1. The molecular formula is C32H37N7O4S. The Hall–Kier alpha value is -4.31. The first-order valence-corrected chi connectivity index (χ1v) is 15.4. The fourth-order valence-corrected chi connectivity index (χ4v) is 6.79. The number of ether oxygens (including phenoxy) is 1. The summed E-state index contributed by atoms with van der Waals surface area (Å²) in [5, 5.41) is 19.8. The molecule has 2 aliphatic rings. The second-order valence-corrected chi connectivity index (χ2v) is 12.7. The van der Waals surface area contributed by atoms with Gasteiger partial charge in [-0.3, -0.25) is 14.5 Å². The summed E-state index contributed by atoms with van der Waals surface area (Å²) in [6, 6.07) is 9.09. The van der Waals surface area contributed by atoms with Crippen molar-refractivity contribution in [1.82, 2.24) is 20.5 Å². The number of piperidine rings is 1. The van der Waals surface area contributed by atoms with E-state index in [1.165, 1.54) is 11.3 Å². The number of likely N-dealkylation sites (tertiary alicyclic amines) is 1. The lowest BCUT2D eigenvalue weighted by Crippen LogP contribution is -2.50. The lowest BCUT2D eigenvalue weighted by molar-refractivity contribution is -0.128. The molecule has 0 spiro atoms. The van der Waals surface area contributed by atoms with Crippen LogP contribution in [0, 0.1) is 25.2 Å². The highest BCUT2D eigenvalue weighted by molar-refractivity contribution is 7.21. The molecule has 3 aromatic rings. The molecule has 0 radical (unpaired) electrons. The minimum Gasteiger partial charge on any atom is -0.383 e. The van der Waals surface area contributed by atoms with Gasteiger partial charge in [0, 0.05) is 44.5 Å². The molecule has 0 saturated carbocycles. The van der Waals surface area contributed by atoms with E-state index < -0.39 is 5.54 Å². The number of nitrogens with zero attached hydrogens (tertiary/aromatic N) is 4. The third-order valence-electron chi connectivity index (χ3n) is 7.83. The number of benzene rings is 1. The molecule has 4 heterocycles. The van der Waals surface area contributed by atoms with Gasteiger partial charge < -0.3 is 25.6 Å². The highest BCUT2D eigenvalue weighted by Gasteiger charge is 2.34. The maximum absolute atomic E-state index is 13.6. The highest BCUT2D eigenvalue weighted by Crippen LogP contribution is 2.46. The highest BCUT2D eigenvalue weighted by atomic mass is 32.1. The zero-order valence-corrected chi connectivity index (χ0v) is 26.4. The smallest absolute Gasteiger partial charge is 0.331 e. The lowest BCUT2D eigenvalue weighted by Gasteiger charge is -2.33. The van der Waals surface area contributed by atoms with Crippen molar-refractivity contribution < 1.29 is 19.1 Å². The molecule has 1 aromatic carbocycles. The normalized spacial score (nSPS) is 17.0. The fraction of sp³-hybridized carbons (Fsp3) is 0.406. The van der Waals surface area contributed by atoms with Crippen molar-refractivity contribution in [1.29, 1.82) is 5.26 Å². The Labute approximate surface area is 260 Å². The summed E-state index contributed by atoms with van der Waals surface area (Å²) in [6.07, 6.45) is 4.65. The van der Waals surface area contributed by atoms with Crippen molar-refractivity contribution in [3.8, 4) is 6.07 Å². The van der Waals surface area contributed by atoms with Gasteiger partial charge in [-0.15, -0.1) is 11.3 Å². The number of nitrogens with one attached hydrogen (secondary N) is 3. The minimum absolute atomic E-state index is 0.0514. The van der Waals surface area contributed by atoms with Gasteiger partial charge in [-0.05, 0) is 64.3 Å². The molecule has 5 rings (SSSR count). The topological polar surface area (TPSA) is 140 Å². The van der Waals surface area contributed by atoms with Crippen LogP contribution in [0.25, 0.3) is 10.2 Å². The molecule has 0 aliphatic carbocycles. The number of carbonyl (C=O) groups is 3. The largest absolute Gasteiger partial charge is 0.383 e. The van der Waals surface area contributed by atoms with E-state index in [9.17, 15) is 19.6 Å². The molecular weight excluding hydrogens is 578 g/mol. The Balaban J connectivity index is 1.35. The molecule has 1 fully saturated rings. The molecule has 4 amide bonds. The van der Waals surface area contributed by atoms with E-state index >= 15 is 0 Å². The van der Waals surface area contributed by atoms with Gasteiger partial charge in [0.25, 0.3) is 11.8 Å². The minimum atomic E-state index is -0.587. The van der Waals surface area contributed by atoms with Gasteiger partial charge in [0.05, 0.1) is 29.1 Å². The van der Waals surface area contributed by atoms with Gasteiger partial charge >= 0.3 is 6.03 Å². The summed E-state index contributed by atoms with van der Waals surface area (Å²) in [7, 11) is 1.61. The number of aromatic nitrogens is 1. The first-order chi connectivity index (χ1) is 21.0.